The van der Waals surface area contributed by atoms with Crippen molar-refractivity contribution in [2.24, 2.45) is 23.7 Å². The molecule has 3 aliphatic rings. The van der Waals surface area contributed by atoms with Crippen LogP contribution in [0.15, 0.2) is 0 Å². The maximum Gasteiger partial charge on any atom is 0.165 e. The highest BCUT2D eigenvalue weighted by molar-refractivity contribution is 6.08. The summed E-state index contributed by atoms with van der Waals surface area (Å²) in [4.78, 5) is 0. The number of hydrogen-bond acceptors (Lipinski definition) is 3. The summed E-state index contributed by atoms with van der Waals surface area (Å²) in [6, 6.07) is 0. The average molecular weight is 346 g/mol. The van der Waals surface area contributed by atoms with Gasteiger partial charge < -0.3 is 14.6 Å². The molecule has 0 aromatic carbocycles. The van der Waals surface area contributed by atoms with Crippen LogP contribution in [0.3, 0.4) is 0 Å². The fraction of sp³-hybridized carbons (Fsp3) is 1.00. The molecule has 5 unspecified atom stereocenters. The molecule has 0 spiro atoms. The molecule has 2 aliphatic carbocycles. The first-order chi connectivity index (χ1) is 11.5. The van der Waals surface area contributed by atoms with E-state index in [1.54, 1.807) is 0 Å². The van der Waals surface area contributed by atoms with Gasteiger partial charge in [-0.3, -0.25) is 0 Å². The second-order valence-corrected chi connectivity index (χ2v) is 7.61. The lowest BCUT2D eigenvalue weighted by atomic mass is 9.68. The van der Waals surface area contributed by atoms with Crippen LogP contribution in [0.25, 0.3) is 0 Å². The highest BCUT2D eigenvalue weighted by Crippen LogP contribution is 2.43. The van der Waals surface area contributed by atoms with Gasteiger partial charge in [0, 0.05) is 5.92 Å². The first-order valence-corrected chi connectivity index (χ1v) is 9.04. The van der Waals surface area contributed by atoms with E-state index in [2.05, 4.69) is 0 Å². The SMILES string of the molecule is [B]CC1COC(C2CCC(C3CC(F)C(F)C(F)C3O)CC2)OC1. The van der Waals surface area contributed by atoms with E-state index in [4.69, 9.17) is 17.3 Å². The Hall–Kier alpha value is -0.265. The normalized spacial score (nSPS) is 50.6. The second kappa shape index (κ2) is 7.96. The average Bonchev–Trinajstić information content (AvgIpc) is 2.63. The van der Waals surface area contributed by atoms with E-state index in [0.29, 0.717) is 19.5 Å². The van der Waals surface area contributed by atoms with Crippen molar-refractivity contribution in [3.05, 3.63) is 0 Å². The number of rotatable bonds is 3. The fourth-order valence-electron chi connectivity index (χ4n) is 4.44. The highest BCUT2D eigenvalue weighted by atomic mass is 19.2. The maximum absolute atomic E-state index is 13.7. The molecule has 2 radical (unpaired) electrons. The zero-order chi connectivity index (χ0) is 17.3. The summed E-state index contributed by atoms with van der Waals surface area (Å²) >= 11 is 0. The van der Waals surface area contributed by atoms with Crippen LogP contribution in [0.1, 0.15) is 32.1 Å². The zero-order valence-electron chi connectivity index (χ0n) is 13.8. The molecule has 0 aromatic rings. The van der Waals surface area contributed by atoms with Gasteiger partial charge in [-0.25, -0.2) is 13.2 Å². The van der Waals surface area contributed by atoms with Gasteiger partial charge in [-0.15, -0.1) is 0 Å². The number of halogens is 3. The molecule has 1 aliphatic heterocycles. The number of alkyl halides is 3. The summed E-state index contributed by atoms with van der Waals surface area (Å²) in [5, 5.41) is 10.0. The molecule has 1 heterocycles. The van der Waals surface area contributed by atoms with Crippen LogP contribution in [0.2, 0.25) is 6.32 Å². The van der Waals surface area contributed by atoms with E-state index in [1.165, 1.54) is 0 Å². The molecule has 0 amide bonds. The predicted molar refractivity (Wildman–Crippen MR) is 84.0 cm³/mol. The first-order valence-electron chi connectivity index (χ1n) is 9.04. The number of aliphatic hydroxyl groups is 1. The minimum atomic E-state index is -2.20. The van der Waals surface area contributed by atoms with Gasteiger partial charge in [-0.1, -0.05) is 6.32 Å². The summed E-state index contributed by atoms with van der Waals surface area (Å²) in [5.74, 6) is 0.0296. The van der Waals surface area contributed by atoms with Gasteiger partial charge in [0.2, 0.25) is 0 Å². The van der Waals surface area contributed by atoms with Crippen molar-refractivity contribution >= 4 is 7.85 Å². The summed E-state index contributed by atoms with van der Waals surface area (Å²) < 4.78 is 52.3. The lowest BCUT2D eigenvalue weighted by Gasteiger charge is -2.43. The Labute approximate surface area is 142 Å². The molecule has 0 aromatic heterocycles. The van der Waals surface area contributed by atoms with Crippen LogP contribution in [0.5, 0.6) is 0 Å². The highest BCUT2D eigenvalue weighted by Gasteiger charge is 2.48. The third-order valence-electron chi connectivity index (χ3n) is 6.04. The van der Waals surface area contributed by atoms with Gasteiger partial charge in [0.25, 0.3) is 0 Å². The molecule has 3 rings (SSSR count). The van der Waals surface area contributed by atoms with E-state index < -0.39 is 30.5 Å². The molecular formula is C17H26BF3O3. The van der Waals surface area contributed by atoms with Crippen molar-refractivity contribution in [3.63, 3.8) is 0 Å². The van der Waals surface area contributed by atoms with Crippen LogP contribution in [0, 0.1) is 23.7 Å². The molecule has 136 valence electrons. The number of aliphatic hydroxyl groups excluding tert-OH is 1. The van der Waals surface area contributed by atoms with Crippen LogP contribution in [-0.4, -0.2) is 57.1 Å². The summed E-state index contributed by atoms with van der Waals surface area (Å²) in [7, 11) is 5.60. The predicted octanol–water partition coefficient (Wildman–Crippen LogP) is 2.76. The Bertz CT molecular complexity index is 401. The van der Waals surface area contributed by atoms with Crippen LogP contribution >= 0.6 is 0 Å². The van der Waals surface area contributed by atoms with Crippen molar-refractivity contribution in [2.45, 2.75) is 69.3 Å². The van der Waals surface area contributed by atoms with E-state index in [9.17, 15) is 18.3 Å². The van der Waals surface area contributed by atoms with E-state index in [0.717, 1.165) is 25.7 Å². The molecule has 5 atom stereocenters. The Balaban J connectivity index is 1.50. The number of hydrogen-bond donors (Lipinski definition) is 1. The minimum absolute atomic E-state index is 0.0284. The van der Waals surface area contributed by atoms with Crippen molar-refractivity contribution < 1.29 is 27.8 Å². The Morgan fingerprint density at radius 2 is 1.50 bits per heavy atom. The molecule has 0 bridgehead atoms. The Morgan fingerprint density at radius 3 is 2.08 bits per heavy atom. The smallest absolute Gasteiger partial charge is 0.165 e. The van der Waals surface area contributed by atoms with Crippen LogP contribution < -0.4 is 0 Å². The largest absolute Gasteiger partial charge is 0.390 e. The number of ether oxygens (including phenoxy) is 2. The van der Waals surface area contributed by atoms with E-state index in [-0.39, 0.29) is 30.5 Å². The van der Waals surface area contributed by atoms with E-state index >= 15 is 0 Å². The van der Waals surface area contributed by atoms with Crippen molar-refractivity contribution in [3.8, 4) is 0 Å². The third-order valence-corrected chi connectivity index (χ3v) is 6.04. The zero-order valence-corrected chi connectivity index (χ0v) is 13.8. The summed E-state index contributed by atoms with van der Waals surface area (Å²) in [6.07, 6.45) is -4.14. The van der Waals surface area contributed by atoms with Crippen molar-refractivity contribution in [1.82, 2.24) is 0 Å². The topological polar surface area (TPSA) is 38.7 Å². The van der Waals surface area contributed by atoms with Gasteiger partial charge in [0.15, 0.2) is 18.6 Å². The molecule has 24 heavy (non-hydrogen) atoms. The first kappa shape index (κ1) is 18.5. The van der Waals surface area contributed by atoms with Crippen molar-refractivity contribution in [1.29, 1.82) is 0 Å². The van der Waals surface area contributed by atoms with Gasteiger partial charge in [-0.05, 0) is 49.9 Å². The standard InChI is InChI=1S/C17H26BF3O3/c18-6-9-7-23-17(24-8-9)11-3-1-10(2-4-11)12-5-13(19)14(20)15(21)16(12)22/h9-17,22H,1-8H2. The van der Waals surface area contributed by atoms with Crippen LogP contribution in [-0.2, 0) is 9.47 Å². The molecule has 3 fully saturated rings. The second-order valence-electron chi connectivity index (χ2n) is 7.61. The maximum atomic E-state index is 13.7. The lowest BCUT2D eigenvalue weighted by Crippen LogP contribution is -2.51. The van der Waals surface area contributed by atoms with Gasteiger partial charge in [-0.2, -0.15) is 0 Å². The minimum Gasteiger partial charge on any atom is -0.390 e. The summed E-state index contributed by atoms with van der Waals surface area (Å²) in [5.41, 5.74) is 0. The van der Waals surface area contributed by atoms with Crippen molar-refractivity contribution in [2.75, 3.05) is 13.2 Å². The van der Waals surface area contributed by atoms with Gasteiger partial charge in [0.05, 0.1) is 27.2 Å². The lowest BCUT2D eigenvalue weighted by molar-refractivity contribution is -0.227. The molecule has 3 nitrogen and oxygen atoms in total. The molecule has 1 saturated heterocycles. The quantitative estimate of drug-likeness (QED) is 0.799. The molecule has 7 heteroatoms. The molecule has 1 N–H and O–H groups in total. The fourth-order valence-corrected chi connectivity index (χ4v) is 4.44. The Kier molecular flexibility index (Phi) is 6.14. The van der Waals surface area contributed by atoms with Crippen LogP contribution in [0.4, 0.5) is 13.2 Å². The Morgan fingerprint density at radius 1 is 0.917 bits per heavy atom. The van der Waals surface area contributed by atoms with Gasteiger partial charge >= 0.3 is 0 Å². The van der Waals surface area contributed by atoms with Gasteiger partial charge in [0.1, 0.15) is 6.17 Å². The third kappa shape index (κ3) is 3.78. The molecule has 2 saturated carbocycles. The monoisotopic (exact) mass is 346 g/mol. The van der Waals surface area contributed by atoms with E-state index in [1.807, 2.05) is 0 Å². The molecular weight excluding hydrogens is 320 g/mol. The summed E-state index contributed by atoms with van der Waals surface area (Å²) in [6.45, 7) is 1.21.